The van der Waals surface area contributed by atoms with Crippen molar-refractivity contribution in [1.29, 1.82) is 0 Å². The molecule has 0 spiro atoms. The van der Waals surface area contributed by atoms with E-state index in [-0.39, 0.29) is 32.6 Å². The summed E-state index contributed by atoms with van der Waals surface area (Å²) in [5.41, 5.74) is 2.58. The largest absolute Gasteiger partial charge is 0.506 e. The van der Waals surface area contributed by atoms with E-state index in [1.54, 1.807) is 0 Å². The molecule has 0 heterocycles. The lowest BCUT2D eigenvalue weighted by atomic mass is 10.2. The summed E-state index contributed by atoms with van der Waals surface area (Å²) in [4.78, 5) is 21.8. The second-order valence-electron chi connectivity index (χ2n) is 4.30. The van der Waals surface area contributed by atoms with Crippen LogP contribution >= 0.6 is 23.2 Å². The molecule has 2 aromatic rings. The van der Waals surface area contributed by atoms with Gasteiger partial charge in [-0.25, -0.2) is 5.43 Å². The predicted molar refractivity (Wildman–Crippen MR) is 86.3 cm³/mol. The van der Waals surface area contributed by atoms with Gasteiger partial charge in [0, 0.05) is 23.3 Å². The average molecular weight is 354 g/mol. The van der Waals surface area contributed by atoms with Gasteiger partial charge in [-0.15, -0.1) is 0 Å². The Morgan fingerprint density at radius 2 is 1.87 bits per heavy atom. The third kappa shape index (κ3) is 3.97. The minimum absolute atomic E-state index is 0.0164. The van der Waals surface area contributed by atoms with Gasteiger partial charge in [-0.05, 0) is 24.3 Å². The van der Waals surface area contributed by atoms with E-state index in [9.17, 15) is 20.0 Å². The molecule has 0 bridgehead atoms. The summed E-state index contributed by atoms with van der Waals surface area (Å²) in [5.74, 6) is -0.816. The lowest BCUT2D eigenvalue weighted by Crippen LogP contribution is -2.17. The molecule has 0 aromatic heterocycles. The lowest BCUT2D eigenvalue weighted by Gasteiger charge is -2.03. The van der Waals surface area contributed by atoms with Gasteiger partial charge >= 0.3 is 0 Å². The second-order valence-corrected chi connectivity index (χ2v) is 5.09. The molecule has 0 radical (unpaired) electrons. The maximum Gasteiger partial charge on any atom is 0.271 e. The van der Waals surface area contributed by atoms with Crippen LogP contribution in [0, 0.1) is 10.1 Å². The summed E-state index contributed by atoms with van der Waals surface area (Å²) in [6.07, 6.45) is 1.20. The van der Waals surface area contributed by atoms with E-state index in [2.05, 4.69) is 10.5 Å². The highest BCUT2D eigenvalue weighted by molar-refractivity contribution is 6.43. The van der Waals surface area contributed by atoms with E-state index in [1.165, 1.54) is 42.6 Å². The van der Waals surface area contributed by atoms with E-state index in [0.29, 0.717) is 0 Å². The van der Waals surface area contributed by atoms with E-state index >= 15 is 0 Å². The van der Waals surface area contributed by atoms with Crippen LogP contribution < -0.4 is 5.43 Å². The number of benzene rings is 2. The van der Waals surface area contributed by atoms with Crippen LogP contribution in [0.5, 0.6) is 5.75 Å². The van der Waals surface area contributed by atoms with Gasteiger partial charge in [0.1, 0.15) is 10.8 Å². The van der Waals surface area contributed by atoms with Crippen LogP contribution in [0.2, 0.25) is 10.0 Å². The molecule has 0 unspecified atom stereocenters. The minimum atomic E-state index is -0.563. The molecule has 2 aromatic carbocycles. The molecule has 9 heteroatoms. The van der Waals surface area contributed by atoms with Crippen molar-refractivity contribution >= 4 is 41.0 Å². The molecule has 7 nitrogen and oxygen atoms in total. The Balaban J connectivity index is 2.07. The molecular formula is C14H9Cl2N3O4. The van der Waals surface area contributed by atoms with Gasteiger partial charge in [0.15, 0.2) is 0 Å². The Kier molecular flexibility index (Phi) is 5.15. The fraction of sp³-hybridized carbons (Fsp3) is 0. The summed E-state index contributed by atoms with van der Waals surface area (Å²) in [6, 6.07) is 7.99. The molecular weight excluding hydrogens is 345 g/mol. The number of halogens is 2. The molecule has 0 aliphatic rings. The summed E-state index contributed by atoms with van der Waals surface area (Å²) >= 11 is 11.5. The topological polar surface area (TPSA) is 105 Å². The summed E-state index contributed by atoms with van der Waals surface area (Å²) in [7, 11) is 0. The van der Waals surface area contributed by atoms with Gasteiger partial charge < -0.3 is 5.11 Å². The van der Waals surface area contributed by atoms with Crippen molar-refractivity contribution in [3.05, 3.63) is 67.7 Å². The Morgan fingerprint density at radius 3 is 2.48 bits per heavy atom. The summed E-state index contributed by atoms with van der Waals surface area (Å²) in [6.45, 7) is 0. The SMILES string of the molecule is O=C(N/N=C/c1ccc(Cl)c(Cl)c1O)c1ccc([N+](=O)[O-])cc1. The maximum absolute atomic E-state index is 11.8. The number of nitrogens with one attached hydrogen (secondary N) is 1. The quantitative estimate of drug-likeness (QED) is 0.499. The number of non-ortho nitro benzene ring substituents is 1. The molecule has 0 saturated carbocycles. The molecule has 2 N–H and O–H groups in total. The number of phenols is 1. The molecule has 0 saturated heterocycles. The third-order valence-electron chi connectivity index (χ3n) is 2.81. The molecule has 0 fully saturated rings. The van der Waals surface area contributed by atoms with Crippen molar-refractivity contribution in [2.75, 3.05) is 0 Å². The normalized spacial score (nSPS) is 10.7. The van der Waals surface area contributed by atoms with Gasteiger partial charge in [0.05, 0.1) is 16.2 Å². The van der Waals surface area contributed by atoms with Crippen LogP contribution in [-0.4, -0.2) is 22.2 Å². The first-order valence-electron chi connectivity index (χ1n) is 6.15. The average Bonchev–Trinajstić information content (AvgIpc) is 2.54. The fourth-order valence-electron chi connectivity index (χ4n) is 1.62. The lowest BCUT2D eigenvalue weighted by molar-refractivity contribution is -0.384. The van der Waals surface area contributed by atoms with E-state index < -0.39 is 10.8 Å². The molecule has 0 aliphatic carbocycles. The van der Waals surface area contributed by atoms with Crippen molar-refractivity contribution in [2.45, 2.75) is 0 Å². The number of aromatic hydroxyl groups is 1. The van der Waals surface area contributed by atoms with Crippen molar-refractivity contribution in [3.63, 3.8) is 0 Å². The van der Waals surface area contributed by atoms with Crippen LogP contribution in [0.4, 0.5) is 5.69 Å². The molecule has 118 valence electrons. The molecule has 2 rings (SSSR count). The fourth-order valence-corrected chi connectivity index (χ4v) is 1.94. The highest BCUT2D eigenvalue weighted by Crippen LogP contribution is 2.33. The Labute approximate surface area is 140 Å². The molecule has 0 atom stereocenters. The van der Waals surface area contributed by atoms with Crippen molar-refractivity contribution < 1.29 is 14.8 Å². The van der Waals surface area contributed by atoms with Gasteiger partial charge in [-0.1, -0.05) is 23.2 Å². The van der Waals surface area contributed by atoms with E-state index in [4.69, 9.17) is 23.2 Å². The Morgan fingerprint density at radius 1 is 1.22 bits per heavy atom. The van der Waals surface area contributed by atoms with Gasteiger partial charge in [-0.2, -0.15) is 5.10 Å². The minimum Gasteiger partial charge on any atom is -0.506 e. The van der Waals surface area contributed by atoms with Gasteiger partial charge in [0.25, 0.3) is 11.6 Å². The van der Waals surface area contributed by atoms with Crippen LogP contribution in [0.3, 0.4) is 0 Å². The number of carbonyl (C=O) groups is 1. The van der Waals surface area contributed by atoms with Crippen LogP contribution in [0.15, 0.2) is 41.5 Å². The number of rotatable bonds is 4. The van der Waals surface area contributed by atoms with Gasteiger partial charge in [0.2, 0.25) is 0 Å². The number of nitro groups is 1. The Bertz CT molecular complexity index is 791. The number of hydrazone groups is 1. The van der Waals surface area contributed by atoms with E-state index in [0.717, 1.165) is 0 Å². The summed E-state index contributed by atoms with van der Waals surface area (Å²) in [5, 5.41) is 24.2. The first-order valence-corrected chi connectivity index (χ1v) is 6.90. The zero-order valence-electron chi connectivity index (χ0n) is 11.4. The van der Waals surface area contributed by atoms with Crippen molar-refractivity contribution in [1.82, 2.24) is 5.43 Å². The molecule has 1 amide bonds. The number of nitro benzene ring substituents is 1. The second kappa shape index (κ2) is 7.08. The smallest absolute Gasteiger partial charge is 0.271 e. The first-order chi connectivity index (χ1) is 10.9. The number of hydrogen-bond donors (Lipinski definition) is 2. The molecule has 23 heavy (non-hydrogen) atoms. The van der Waals surface area contributed by atoms with Crippen LogP contribution in [-0.2, 0) is 0 Å². The number of hydrogen-bond acceptors (Lipinski definition) is 5. The standard InChI is InChI=1S/C14H9Cl2N3O4/c15-11-6-3-9(13(20)12(11)16)7-17-18-14(21)8-1-4-10(5-2-8)19(22)23/h1-7,20H,(H,18,21)/b17-7+. The van der Waals surface area contributed by atoms with Crippen molar-refractivity contribution in [2.24, 2.45) is 5.10 Å². The van der Waals surface area contributed by atoms with Crippen LogP contribution in [0.1, 0.15) is 15.9 Å². The zero-order valence-corrected chi connectivity index (χ0v) is 12.9. The third-order valence-corrected chi connectivity index (χ3v) is 3.60. The highest BCUT2D eigenvalue weighted by atomic mass is 35.5. The zero-order chi connectivity index (χ0) is 17.0. The molecule has 0 aliphatic heterocycles. The van der Waals surface area contributed by atoms with Crippen LogP contribution in [0.25, 0.3) is 0 Å². The van der Waals surface area contributed by atoms with Crippen molar-refractivity contribution in [3.8, 4) is 5.75 Å². The number of nitrogens with zero attached hydrogens (tertiary/aromatic N) is 2. The number of phenolic OH excluding ortho intramolecular Hbond substituents is 1. The maximum atomic E-state index is 11.8. The predicted octanol–water partition coefficient (Wildman–Crippen LogP) is 3.37. The van der Waals surface area contributed by atoms with E-state index in [1.807, 2.05) is 0 Å². The van der Waals surface area contributed by atoms with Gasteiger partial charge in [-0.3, -0.25) is 14.9 Å². The monoisotopic (exact) mass is 353 g/mol. The Hall–Kier alpha value is -2.64. The summed E-state index contributed by atoms with van der Waals surface area (Å²) < 4.78 is 0. The number of amides is 1. The number of carbonyl (C=O) groups excluding carboxylic acids is 1. The highest BCUT2D eigenvalue weighted by Gasteiger charge is 2.10. The first kappa shape index (κ1) is 16.7.